The second-order valence-corrected chi connectivity index (χ2v) is 5.82. The van der Waals surface area contributed by atoms with E-state index in [2.05, 4.69) is 46.9 Å². The van der Waals surface area contributed by atoms with Crippen molar-refractivity contribution in [2.24, 2.45) is 0 Å². The number of nitrogens with zero attached hydrogens (tertiary/aromatic N) is 2. The standard InChI is InChI=1S/C17H22N4O/c1-2-9-21-12-16(11-19-21)20-17(22)18-10-13-3-5-14(6-4-13)15-7-8-15/h3-6,11-12,15H,2,7-10H2,1H3,(H2,18,20,22). The number of aryl methyl sites for hydroxylation is 1. The van der Waals surface area contributed by atoms with E-state index in [1.54, 1.807) is 6.20 Å². The second-order valence-electron chi connectivity index (χ2n) is 5.82. The van der Waals surface area contributed by atoms with Crippen LogP contribution in [-0.4, -0.2) is 15.8 Å². The van der Waals surface area contributed by atoms with Gasteiger partial charge >= 0.3 is 6.03 Å². The predicted octanol–water partition coefficient (Wildman–Crippen LogP) is 3.49. The lowest BCUT2D eigenvalue weighted by molar-refractivity contribution is 0.251. The third kappa shape index (κ3) is 3.87. The monoisotopic (exact) mass is 298 g/mol. The number of nitrogens with one attached hydrogen (secondary N) is 2. The molecule has 0 aliphatic heterocycles. The molecule has 1 aromatic heterocycles. The summed E-state index contributed by atoms with van der Waals surface area (Å²) in [6.45, 7) is 3.48. The van der Waals surface area contributed by atoms with Crippen LogP contribution in [0, 0.1) is 0 Å². The maximum Gasteiger partial charge on any atom is 0.319 e. The molecular weight excluding hydrogens is 276 g/mol. The summed E-state index contributed by atoms with van der Waals surface area (Å²) in [4.78, 5) is 11.9. The maximum atomic E-state index is 11.9. The Morgan fingerprint density at radius 3 is 2.77 bits per heavy atom. The van der Waals surface area contributed by atoms with Crippen molar-refractivity contribution < 1.29 is 4.79 Å². The quantitative estimate of drug-likeness (QED) is 0.857. The molecular formula is C17H22N4O. The van der Waals surface area contributed by atoms with Crippen LogP contribution in [0.1, 0.15) is 43.2 Å². The van der Waals surface area contributed by atoms with E-state index >= 15 is 0 Å². The average Bonchev–Trinajstić information content (AvgIpc) is 3.28. The van der Waals surface area contributed by atoms with Crippen molar-refractivity contribution >= 4 is 11.7 Å². The van der Waals surface area contributed by atoms with Gasteiger partial charge in [-0.2, -0.15) is 5.10 Å². The van der Waals surface area contributed by atoms with Crippen LogP contribution in [0.4, 0.5) is 10.5 Å². The van der Waals surface area contributed by atoms with Crippen LogP contribution in [0.2, 0.25) is 0 Å². The number of amides is 2. The number of rotatable bonds is 6. The summed E-state index contributed by atoms with van der Waals surface area (Å²) in [5.41, 5.74) is 3.24. The third-order valence-corrected chi connectivity index (χ3v) is 3.83. The Morgan fingerprint density at radius 1 is 1.32 bits per heavy atom. The van der Waals surface area contributed by atoms with Gasteiger partial charge in [0.1, 0.15) is 0 Å². The Bertz CT molecular complexity index is 628. The van der Waals surface area contributed by atoms with Gasteiger partial charge in [-0.25, -0.2) is 4.79 Å². The molecule has 22 heavy (non-hydrogen) atoms. The van der Waals surface area contributed by atoms with E-state index in [4.69, 9.17) is 0 Å². The molecule has 0 atom stereocenters. The largest absolute Gasteiger partial charge is 0.334 e. The first-order valence-electron chi connectivity index (χ1n) is 7.90. The Hall–Kier alpha value is -2.30. The van der Waals surface area contributed by atoms with Gasteiger partial charge in [0.15, 0.2) is 0 Å². The number of carbonyl (C=O) groups excluding carboxylic acids is 1. The molecule has 0 spiro atoms. The molecule has 2 aromatic rings. The highest BCUT2D eigenvalue weighted by atomic mass is 16.2. The van der Waals surface area contributed by atoms with Gasteiger partial charge < -0.3 is 10.6 Å². The fourth-order valence-electron chi connectivity index (χ4n) is 2.46. The molecule has 1 saturated carbocycles. The van der Waals surface area contributed by atoms with E-state index in [9.17, 15) is 4.79 Å². The molecule has 5 heteroatoms. The average molecular weight is 298 g/mol. The normalized spacial score (nSPS) is 13.9. The Balaban J connectivity index is 1.46. The van der Waals surface area contributed by atoms with Crippen molar-refractivity contribution in [1.29, 1.82) is 0 Å². The zero-order valence-electron chi connectivity index (χ0n) is 12.9. The van der Waals surface area contributed by atoms with Crippen molar-refractivity contribution in [2.75, 3.05) is 5.32 Å². The summed E-state index contributed by atoms with van der Waals surface area (Å²) < 4.78 is 1.83. The molecule has 0 saturated heterocycles. The smallest absolute Gasteiger partial charge is 0.319 e. The van der Waals surface area contributed by atoms with Gasteiger partial charge in [0.2, 0.25) is 0 Å². The number of hydrogen-bond donors (Lipinski definition) is 2. The zero-order chi connectivity index (χ0) is 15.4. The molecule has 116 valence electrons. The lowest BCUT2D eigenvalue weighted by Crippen LogP contribution is -2.28. The summed E-state index contributed by atoms with van der Waals surface area (Å²) in [5.74, 6) is 0.768. The fraction of sp³-hybridized carbons (Fsp3) is 0.412. The van der Waals surface area contributed by atoms with Crippen molar-refractivity contribution in [1.82, 2.24) is 15.1 Å². The van der Waals surface area contributed by atoms with Crippen LogP contribution >= 0.6 is 0 Å². The Labute approximate surface area is 130 Å². The molecule has 1 aliphatic carbocycles. The van der Waals surface area contributed by atoms with Gasteiger partial charge in [0.05, 0.1) is 11.9 Å². The molecule has 2 N–H and O–H groups in total. The molecule has 0 radical (unpaired) electrons. The first-order valence-corrected chi connectivity index (χ1v) is 7.90. The molecule has 2 amide bonds. The summed E-state index contributed by atoms with van der Waals surface area (Å²) in [5, 5.41) is 9.85. The molecule has 5 nitrogen and oxygen atoms in total. The zero-order valence-corrected chi connectivity index (χ0v) is 12.9. The highest BCUT2D eigenvalue weighted by Crippen LogP contribution is 2.39. The number of benzene rings is 1. The van der Waals surface area contributed by atoms with Crippen molar-refractivity contribution in [3.8, 4) is 0 Å². The molecule has 1 fully saturated rings. The SMILES string of the molecule is CCCn1cc(NC(=O)NCc2ccc(C3CC3)cc2)cn1. The minimum Gasteiger partial charge on any atom is -0.334 e. The topological polar surface area (TPSA) is 59.0 Å². The van der Waals surface area contributed by atoms with Gasteiger partial charge in [0.25, 0.3) is 0 Å². The van der Waals surface area contributed by atoms with Crippen LogP contribution in [0.3, 0.4) is 0 Å². The number of hydrogen-bond acceptors (Lipinski definition) is 2. The molecule has 1 aliphatic rings. The molecule has 0 unspecified atom stereocenters. The highest BCUT2D eigenvalue weighted by Gasteiger charge is 2.22. The molecule has 1 heterocycles. The molecule has 3 rings (SSSR count). The van der Waals surface area contributed by atoms with Crippen LogP contribution in [0.5, 0.6) is 0 Å². The van der Waals surface area contributed by atoms with Gasteiger partial charge in [0, 0.05) is 19.3 Å². The first kappa shape index (κ1) is 14.6. The van der Waals surface area contributed by atoms with Gasteiger partial charge in [-0.15, -0.1) is 0 Å². The number of carbonyl (C=O) groups is 1. The summed E-state index contributed by atoms with van der Waals surface area (Å²) in [6, 6.07) is 8.31. The predicted molar refractivity (Wildman–Crippen MR) is 86.8 cm³/mol. The molecule has 0 bridgehead atoms. The molecule has 1 aromatic carbocycles. The van der Waals surface area contributed by atoms with Crippen molar-refractivity contribution in [3.63, 3.8) is 0 Å². The summed E-state index contributed by atoms with van der Waals surface area (Å²) in [7, 11) is 0. The van der Waals surface area contributed by atoms with E-state index in [1.807, 2.05) is 10.9 Å². The first-order chi connectivity index (χ1) is 10.7. The minimum absolute atomic E-state index is 0.206. The van der Waals surface area contributed by atoms with Crippen molar-refractivity contribution in [2.45, 2.75) is 45.2 Å². The van der Waals surface area contributed by atoms with Gasteiger partial charge in [-0.05, 0) is 36.3 Å². The fourth-order valence-corrected chi connectivity index (χ4v) is 2.46. The second kappa shape index (κ2) is 6.64. The summed E-state index contributed by atoms with van der Waals surface area (Å²) in [6.07, 6.45) is 7.15. The van der Waals surface area contributed by atoms with E-state index in [0.29, 0.717) is 6.54 Å². The van der Waals surface area contributed by atoms with Crippen LogP contribution in [-0.2, 0) is 13.1 Å². The van der Waals surface area contributed by atoms with Crippen LogP contribution < -0.4 is 10.6 Å². The maximum absolute atomic E-state index is 11.9. The Morgan fingerprint density at radius 2 is 2.09 bits per heavy atom. The van der Waals surface area contributed by atoms with Crippen LogP contribution in [0.25, 0.3) is 0 Å². The summed E-state index contributed by atoms with van der Waals surface area (Å²) >= 11 is 0. The third-order valence-electron chi connectivity index (χ3n) is 3.83. The van der Waals surface area contributed by atoms with E-state index in [-0.39, 0.29) is 6.03 Å². The minimum atomic E-state index is -0.206. The van der Waals surface area contributed by atoms with E-state index in [1.165, 1.54) is 18.4 Å². The number of anilines is 1. The van der Waals surface area contributed by atoms with Gasteiger partial charge in [-0.3, -0.25) is 4.68 Å². The van der Waals surface area contributed by atoms with E-state index in [0.717, 1.165) is 30.1 Å². The van der Waals surface area contributed by atoms with Crippen LogP contribution in [0.15, 0.2) is 36.7 Å². The van der Waals surface area contributed by atoms with Gasteiger partial charge in [-0.1, -0.05) is 31.2 Å². The lowest BCUT2D eigenvalue weighted by Gasteiger charge is -2.07. The highest BCUT2D eigenvalue weighted by molar-refractivity contribution is 5.88. The van der Waals surface area contributed by atoms with Crippen molar-refractivity contribution in [3.05, 3.63) is 47.8 Å². The number of aromatic nitrogens is 2. The number of urea groups is 1. The lowest BCUT2D eigenvalue weighted by atomic mass is 10.1. The Kier molecular flexibility index (Phi) is 4.42. The van der Waals surface area contributed by atoms with E-state index < -0.39 is 0 Å².